The van der Waals surface area contributed by atoms with E-state index >= 15 is 0 Å². The van der Waals surface area contributed by atoms with Gasteiger partial charge in [0.15, 0.2) is 0 Å². The molecule has 0 aliphatic carbocycles. The average Bonchev–Trinajstić information content (AvgIpc) is 2.17. The van der Waals surface area contributed by atoms with Crippen LogP contribution < -0.4 is 0 Å². The molecule has 0 heterocycles. The largest absolute Gasteiger partial charge is 0.243 e. The average molecular weight is 282 g/mol. The Labute approximate surface area is 106 Å². The van der Waals surface area contributed by atoms with Gasteiger partial charge < -0.3 is 0 Å². The van der Waals surface area contributed by atoms with Gasteiger partial charge in [0.2, 0.25) is 10.0 Å². The molecule has 3 nitrogen and oxygen atoms in total. The standard InChI is InChI=1S/C10H13Cl2NO2S/c1-3-13(4-2)16(14,15)10-6-8(11)5-9(12)7-10/h5-7H,3-4H2,1-2H3. The molecule has 16 heavy (non-hydrogen) atoms. The van der Waals surface area contributed by atoms with E-state index in [1.807, 2.05) is 0 Å². The van der Waals surface area contributed by atoms with E-state index < -0.39 is 10.0 Å². The van der Waals surface area contributed by atoms with E-state index in [0.29, 0.717) is 23.1 Å². The summed E-state index contributed by atoms with van der Waals surface area (Å²) in [7, 11) is -3.48. The second-order valence-electron chi connectivity index (χ2n) is 3.19. The molecule has 0 aromatic heterocycles. The first-order chi connectivity index (χ1) is 7.41. The van der Waals surface area contributed by atoms with Crippen molar-refractivity contribution in [3.05, 3.63) is 28.2 Å². The predicted molar refractivity (Wildman–Crippen MR) is 66.6 cm³/mol. The first-order valence-corrected chi connectivity index (χ1v) is 7.07. The van der Waals surface area contributed by atoms with Crippen molar-refractivity contribution in [3.8, 4) is 0 Å². The second-order valence-corrected chi connectivity index (χ2v) is 6.01. The van der Waals surface area contributed by atoms with Crippen LogP contribution in [-0.2, 0) is 10.0 Å². The van der Waals surface area contributed by atoms with Crippen molar-refractivity contribution < 1.29 is 8.42 Å². The number of rotatable bonds is 4. The summed E-state index contributed by atoms with van der Waals surface area (Å²) in [6.45, 7) is 4.41. The minimum atomic E-state index is -3.48. The summed E-state index contributed by atoms with van der Waals surface area (Å²) < 4.78 is 25.6. The molecule has 0 atom stereocenters. The van der Waals surface area contributed by atoms with Gasteiger partial charge in [-0.15, -0.1) is 0 Å². The Balaban J connectivity index is 3.26. The fraction of sp³-hybridized carbons (Fsp3) is 0.400. The molecule has 0 aliphatic rings. The number of sulfonamides is 1. The molecule has 0 spiro atoms. The van der Waals surface area contributed by atoms with Gasteiger partial charge in [0, 0.05) is 23.1 Å². The summed E-state index contributed by atoms with van der Waals surface area (Å²) in [4.78, 5) is 0.133. The normalized spacial score (nSPS) is 12.1. The predicted octanol–water partition coefficient (Wildman–Crippen LogP) is 3.02. The van der Waals surface area contributed by atoms with Crippen molar-refractivity contribution in [1.82, 2.24) is 4.31 Å². The van der Waals surface area contributed by atoms with Crippen molar-refractivity contribution >= 4 is 33.2 Å². The molecule has 0 saturated heterocycles. The smallest absolute Gasteiger partial charge is 0.207 e. The Morgan fingerprint density at radius 2 is 1.50 bits per heavy atom. The van der Waals surface area contributed by atoms with Gasteiger partial charge >= 0.3 is 0 Å². The topological polar surface area (TPSA) is 37.4 Å². The van der Waals surface area contributed by atoms with E-state index in [9.17, 15) is 8.42 Å². The van der Waals surface area contributed by atoms with Crippen molar-refractivity contribution in [2.75, 3.05) is 13.1 Å². The molecule has 0 radical (unpaired) electrons. The highest BCUT2D eigenvalue weighted by molar-refractivity contribution is 7.89. The minimum Gasteiger partial charge on any atom is -0.207 e. The zero-order valence-electron chi connectivity index (χ0n) is 9.07. The molecular formula is C10H13Cl2NO2S. The lowest BCUT2D eigenvalue weighted by atomic mass is 10.4. The quantitative estimate of drug-likeness (QED) is 0.851. The third-order valence-electron chi connectivity index (χ3n) is 2.18. The Morgan fingerprint density at radius 3 is 1.88 bits per heavy atom. The van der Waals surface area contributed by atoms with Crippen LogP contribution in [0.1, 0.15) is 13.8 Å². The van der Waals surface area contributed by atoms with Crippen molar-refractivity contribution in [1.29, 1.82) is 0 Å². The van der Waals surface area contributed by atoms with Gasteiger partial charge in [-0.25, -0.2) is 8.42 Å². The molecule has 1 aromatic rings. The van der Waals surface area contributed by atoms with Crippen LogP contribution >= 0.6 is 23.2 Å². The van der Waals surface area contributed by atoms with E-state index in [4.69, 9.17) is 23.2 Å². The number of hydrogen-bond donors (Lipinski definition) is 0. The van der Waals surface area contributed by atoms with Crippen molar-refractivity contribution in [3.63, 3.8) is 0 Å². The maximum absolute atomic E-state index is 12.1. The second kappa shape index (κ2) is 5.36. The molecule has 1 rings (SSSR count). The Morgan fingerprint density at radius 1 is 1.06 bits per heavy atom. The van der Waals surface area contributed by atoms with Gasteiger partial charge in [-0.3, -0.25) is 0 Å². The molecule has 0 aliphatic heterocycles. The maximum atomic E-state index is 12.1. The van der Waals surface area contributed by atoms with Crippen LogP contribution in [-0.4, -0.2) is 25.8 Å². The highest BCUT2D eigenvalue weighted by atomic mass is 35.5. The van der Waals surface area contributed by atoms with Gasteiger partial charge in [-0.2, -0.15) is 4.31 Å². The first kappa shape index (κ1) is 13.8. The maximum Gasteiger partial charge on any atom is 0.243 e. The SMILES string of the molecule is CCN(CC)S(=O)(=O)c1cc(Cl)cc(Cl)c1. The molecule has 0 saturated carbocycles. The van der Waals surface area contributed by atoms with Crippen LogP contribution in [0, 0.1) is 0 Å². The Bertz CT molecular complexity index is 449. The number of nitrogens with zero attached hydrogens (tertiary/aromatic N) is 1. The summed E-state index contributed by atoms with van der Waals surface area (Å²) in [5.74, 6) is 0. The zero-order valence-corrected chi connectivity index (χ0v) is 11.4. The molecular weight excluding hydrogens is 269 g/mol. The molecule has 90 valence electrons. The number of halogens is 2. The molecule has 0 amide bonds. The van der Waals surface area contributed by atoms with E-state index in [2.05, 4.69) is 0 Å². The van der Waals surface area contributed by atoms with E-state index in [0.717, 1.165) is 0 Å². The van der Waals surface area contributed by atoms with Gasteiger partial charge in [-0.1, -0.05) is 37.0 Å². The van der Waals surface area contributed by atoms with Gasteiger partial charge in [0.25, 0.3) is 0 Å². The van der Waals surface area contributed by atoms with Gasteiger partial charge in [-0.05, 0) is 18.2 Å². The van der Waals surface area contributed by atoms with E-state index in [1.165, 1.54) is 22.5 Å². The Kier molecular flexibility index (Phi) is 4.62. The van der Waals surface area contributed by atoms with E-state index in [-0.39, 0.29) is 4.90 Å². The fourth-order valence-corrected chi connectivity index (χ4v) is 3.58. The molecule has 0 unspecified atom stereocenters. The molecule has 6 heteroatoms. The zero-order chi connectivity index (χ0) is 12.3. The van der Waals surface area contributed by atoms with E-state index in [1.54, 1.807) is 13.8 Å². The highest BCUT2D eigenvalue weighted by Gasteiger charge is 2.22. The summed E-state index contributed by atoms with van der Waals surface area (Å²) >= 11 is 11.6. The van der Waals surface area contributed by atoms with Crippen LogP contribution in [0.2, 0.25) is 10.0 Å². The van der Waals surface area contributed by atoms with Crippen molar-refractivity contribution in [2.45, 2.75) is 18.7 Å². The van der Waals surface area contributed by atoms with Crippen LogP contribution in [0.5, 0.6) is 0 Å². The lowest BCUT2D eigenvalue weighted by molar-refractivity contribution is 0.445. The van der Waals surface area contributed by atoms with Crippen LogP contribution in [0.25, 0.3) is 0 Å². The lowest BCUT2D eigenvalue weighted by Gasteiger charge is -2.18. The fourth-order valence-electron chi connectivity index (χ4n) is 1.39. The molecule has 0 bridgehead atoms. The minimum absolute atomic E-state index is 0.133. The first-order valence-electron chi connectivity index (χ1n) is 4.88. The summed E-state index contributed by atoms with van der Waals surface area (Å²) in [5.41, 5.74) is 0. The summed E-state index contributed by atoms with van der Waals surface area (Å²) in [6.07, 6.45) is 0. The lowest BCUT2D eigenvalue weighted by Crippen LogP contribution is -2.30. The van der Waals surface area contributed by atoms with Gasteiger partial charge in [0.05, 0.1) is 4.90 Å². The third kappa shape index (κ3) is 2.88. The van der Waals surface area contributed by atoms with Crippen LogP contribution in [0.15, 0.2) is 23.1 Å². The highest BCUT2D eigenvalue weighted by Crippen LogP contribution is 2.24. The molecule has 1 aromatic carbocycles. The number of benzene rings is 1. The molecule has 0 N–H and O–H groups in total. The third-order valence-corrected chi connectivity index (χ3v) is 4.64. The molecule has 0 fully saturated rings. The van der Waals surface area contributed by atoms with Crippen molar-refractivity contribution in [2.24, 2.45) is 0 Å². The Hall–Kier alpha value is -0.290. The monoisotopic (exact) mass is 281 g/mol. The summed E-state index contributed by atoms with van der Waals surface area (Å²) in [6, 6.07) is 4.31. The van der Waals surface area contributed by atoms with Crippen LogP contribution in [0.3, 0.4) is 0 Å². The summed E-state index contributed by atoms with van der Waals surface area (Å²) in [5, 5.41) is 0.636. The van der Waals surface area contributed by atoms with Gasteiger partial charge in [0.1, 0.15) is 0 Å². The number of hydrogen-bond acceptors (Lipinski definition) is 2. The van der Waals surface area contributed by atoms with Crippen LogP contribution in [0.4, 0.5) is 0 Å².